The minimum absolute atomic E-state index is 0.0852. The Balaban J connectivity index is 1.60. The summed E-state index contributed by atoms with van der Waals surface area (Å²) in [5.41, 5.74) is 1.93. The Hall–Kier alpha value is -2.60. The number of nitrogens with one attached hydrogen (secondary N) is 1. The van der Waals surface area contributed by atoms with Gasteiger partial charge in [-0.3, -0.25) is 4.98 Å². The number of pyridine rings is 1. The van der Waals surface area contributed by atoms with Gasteiger partial charge in [-0.05, 0) is 31.0 Å². The summed E-state index contributed by atoms with van der Waals surface area (Å²) in [4.78, 5) is 8.76. The molecule has 0 unspecified atom stereocenters. The first kappa shape index (κ1) is 15.9. The van der Waals surface area contributed by atoms with E-state index in [4.69, 9.17) is 0 Å². The van der Waals surface area contributed by atoms with E-state index in [1.54, 1.807) is 6.07 Å². The van der Waals surface area contributed by atoms with Crippen molar-refractivity contribution in [1.29, 1.82) is 0 Å². The topological polar surface area (TPSA) is 55.6 Å². The largest absolute Gasteiger partial charge is 0.300 e. The molecule has 0 bridgehead atoms. The van der Waals surface area contributed by atoms with E-state index >= 15 is 0 Å². The van der Waals surface area contributed by atoms with Crippen LogP contribution in [0.4, 0.5) is 4.39 Å². The first-order valence-electron chi connectivity index (χ1n) is 8.52. The van der Waals surface area contributed by atoms with E-state index in [1.807, 2.05) is 29.8 Å². The van der Waals surface area contributed by atoms with E-state index in [-0.39, 0.29) is 17.9 Å². The molecule has 3 aromatic rings. The van der Waals surface area contributed by atoms with Crippen molar-refractivity contribution >= 4 is 0 Å². The van der Waals surface area contributed by atoms with E-state index in [1.165, 1.54) is 12.3 Å². The van der Waals surface area contributed by atoms with Crippen LogP contribution < -0.4 is 5.32 Å². The average Bonchev–Trinajstić information content (AvgIpc) is 3.00. The van der Waals surface area contributed by atoms with Crippen LogP contribution in [-0.4, -0.2) is 25.8 Å². The summed E-state index contributed by atoms with van der Waals surface area (Å²) in [5.74, 6) is 1.54. The first-order valence-corrected chi connectivity index (χ1v) is 8.52. The first-order chi connectivity index (χ1) is 12.2. The second-order valence-corrected chi connectivity index (χ2v) is 6.40. The van der Waals surface area contributed by atoms with E-state index in [2.05, 4.69) is 32.5 Å². The van der Waals surface area contributed by atoms with Gasteiger partial charge in [0.2, 0.25) is 0 Å². The Labute approximate surface area is 145 Å². The van der Waals surface area contributed by atoms with Gasteiger partial charge in [-0.2, -0.15) is 5.10 Å². The van der Waals surface area contributed by atoms with Crippen molar-refractivity contribution in [2.24, 2.45) is 0 Å². The monoisotopic (exact) mass is 337 g/mol. The molecule has 6 heteroatoms. The number of hydrogen-bond acceptors (Lipinski definition) is 4. The SMILES string of the molecule is Cc1nc2n(n1)C[C@H](N[C@H](c1ccccc1)c1ccc(F)cn1)CC2. The number of benzene rings is 1. The minimum atomic E-state index is -0.323. The van der Waals surface area contributed by atoms with Gasteiger partial charge in [0.15, 0.2) is 0 Å². The fraction of sp³-hybridized carbons (Fsp3) is 0.316. The predicted octanol–water partition coefficient (Wildman–Crippen LogP) is 2.81. The maximum Gasteiger partial charge on any atom is 0.147 e. The number of fused-ring (bicyclic) bond motifs is 1. The zero-order chi connectivity index (χ0) is 17.2. The molecule has 1 aromatic carbocycles. The number of nitrogens with zero attached hydrogens (tertiary/aromatic N) is 4. The van der Waals surface area contributed by atoms with Crippen molar-refractivity contribution in [3.63, 3.8) is 0 Å². The summed E-state index contributed by atoms with van der Waals surface area (Å²) in [5, 5.41) is 8.15. The highest BCUT2D eigenvalue weighted by Gasteiger charge is 2.25. The predicted molar refractivity (Wildman–Crippen MR) is 92.5 cm³/mol. The van der Waals surface area contributed by atoms with Crippen molar-refractivity contribution in [2.75, 3.05) is 0 Å². The maximum absolute atomic E-state index is 13.3. The molecule has 1 N–H and O–H groups in total. The highest BCUT2D eigenvalue weighted by molar-refractivity contribution is 5.28. The van der Waals surface area contributed by atoms with Crippen LogP contribution in [0.3, 0.4) is 0 Å². The summed E-state index contributed by atoms with van der Waals surface area (Å²) in [6.07, 6.45) is 3.16. The molecule has 4 rings (SSSR count). The number of aryl methyl sites for hydroxylation is 2. The van der Waals surface area contributed by atoms with Crippen molar-refractivity contribution < 1.29 is 4.39 Å². The molecular weight excluding hydrogens is 317 g/mol. The van der Waals surface area contributed by atoms with E-state index in [9.17, 15) is 4.39 Å². The molecule has 3 heterocycles. The molecule has 1 aliphatic rings. The molecular formula is C19H20FN5. The summed E-state index contributed by atoms with van der Waals surface area (Å²) in [7, 11) is 0. The molecule has 128 valence electrons. The molecule has 0 aliphatic carbocycles. The molecule has 0 amide bonds. The fourth-order valence-corrected chi connectivity index (χ4v) is 3.36. The summed E-state index contributed by atoms with van der Waals surface area (Å²) < 4.78 is 15.3. The number of rotatable bonds is 4. The van der Waals surface area contributed by atoms with Crippen molar-refractivity contribution in [3.8, 4) is 0 Å². The smallest absolute Gasteiger partial charge is 0.147 e. The number of halogens is 1. The zero-order valence-electron chi connectivity index (χ0n) is 14.1. The van der Waals surface area contributed by atoms with Gasteiger partial charge in [-0.25, -0.2) is 14.1 Å². The minimum Gasteiger partial charge on any atom is -0.300 e. The van der Waals surface area contributed by atoms with Crippen LogP contribution in [0.2, 0.25) is 0 Å². The van der Waals surface area contributed by atoms with Crippen LogP contribution in [0, 0.1) is 12.7 Å². The Morgan fingerprint density at radius 3 is 2.80 bits per heavy atom. The van der Waals surface area contributed by atoms with Crippen LogP contribution in [-0.2, 0) is 13.0 Å². The van der Waals surface area contributed by atoms with Crippen LogP contribution in [0.25, 0.3) is 0 Å². The van der Waals surface area contributed by atoms with Crippen molar-refractivity contribution in [3.05, 3.63) is 77.4 Å². The van der Waals surface area contributed by atoms with E-state index < -0.39 is 0 Å². The standard InChI is InChI=1S/C19H20FN5/c1-13-22-18-10-8-16(12-25(18)24-13)23-19(14-5-3-2-4-6-14)17-9-7-15(20)11-21-17/h2-7,9,11,16,19,23H,8,10,12H2,1H3/t16-,19-/m1/s1. The third kappa shape index (κ3) is 3.44. The molecule has 0 fully saturated rings. The third-order valence-electron chi connectivity index (χ3n) is 4.55. The molecule has 0 spiro atoms. The molecule has 0 radical (unpaired) electrons. The molecule has 0 saturated carbocycles. The van der Waals surface area contributed by atoms with E-state index in [0.29, 0.717) is 0 Å². The van der Waals surface area contributed by atoms with Gasteiger partial charge in [0.25, 0.3) is 0 Å². The van der Waals surface area contributed by atoms with Crippen molar-refractivity contribution in [2.45, 2.75) is 38.4 Å². The Morgan fingerprint density at radius 2 is 2.04 bits per heavy atom. The van der Waals surface area contributed by atoms with Gasteiger partial charge >= 0.3 is 0 Å². The average molecular weight is 337 g/mol. The van der Waals surface area contributed by atoms with Gasteiger partial charge in [-0.15, -0.1) is 0 Å². The van der Waals surface area contributed by atoms with Crippen LogP contribution in [0.5, 0.6) is 0 Å². The highest BCUT2D eigenvalue weighted by atomic mass is 19.1. The zero-order valence-corrected chi connectivity index (χ0v) is 14.1. The molecule has 2 atom stereocenters. The fourth-order valence-electron chi connectivity index (χ4n) is 3.36. The summed E-state index contributed by atoms with van der Waals surface area (Å²) in [6.45, 7) is 2.70. The van der Waals surface area contributed by atoms with Crippen LogP contribution >= 0.6 is 0 Å². The lowest BCUT2D eigenvalue weighted by atomic mass is 9.99. The second kappa shape index (κ2) is 6.72. The van der Waals surface area contributed by atoms with Crippen LogP contribution in [0.1, 0.15) is 35.4 Å². The molecule has 25 heavy (non-hydrogen) atoms. The number of hydrogen-bond donors (Lipinski definition) is 1. The normalized spacial score (nSPS) is 17.9. The Morgan fingerprint density at radius 1 is 1.20 bits per heavy atom. The van der Waals surface area contributed by atoms with Gasteiger partial charge in [0.1, 0.15) is 17.5 Å². The molecule has 1 aliphatic heterocycles. The van der Waals surface area contributed by atoms with Gasteiger partial charge < -0.3 is 5.32 Å². The Bertz CT molecular complexity index is 844. The van der Waals surface area contributed by atoms with Crippen molar-refractivity contribution in [1.82, 2.24) is 25.1 Å². The number of aromatic nitrogens is 4. The van der Waals surface area contributed by atoms with Gasteiger partial charge in [0, 0.05) is 12.5 Å². The lowest BCUT2D eigenvalue weighted by Gasteiger charge is -2.28. The summed E-state index contributed by atoms with van der Waals surface area (Å²) in [6, 6.07) is 13.5. The molecule has 0 saturated heterocycles. The maximum atomic E-state index is 13.3. The van der Waals surface area contributed by atoms with Crippen LogP contribution in [0.15, 0.2) is 48.7 Å². The Kier molecular flexibility index (Phi) is 4.28. The summed E-state index contributed by atoms with van der Waals surface area (Å²) >= 11 is 0. The van der Waals surface area contributed by atoms with Gasteiger partial charge in [0.05, 0.1) is 24.5 Å². The highest BCUT2D eigenvalue weighted by Crippen LogP contribution is 2.23. The quantitative estimate of drug-likeness (QED) is 0.795. The third-order valence-corrected chi connectivity index (χ3v) is 4.55. The molecule has 5 nitrogen and oxygen atoms in total. The van der Waals surface area contributed by atoms with E-state index in [0.717, 1.165) is 42.3 Å². The lowest BCUT2D eigenvalue weighted by Crippen LogP contribution is -2.40. The second-order valence-electron chi connectivity index (χ2n) is 6.40. The van der Waals surface area contributed by atoms with Gasteiger partial charge in [-0.1, -0.05) is 30.3 Å². The molecule has 2 aromatic heterocycles. The lowest BCUT2D eigenvalue weighted by molar-refractivity contribution is 0.339.